The van der Waals surface area contributed by atoms with Gasteiger partial charge in [0.1, 0.15) is 0 Å². The molecule has 1 saturated heterocycles. The second-order valence-electron chi connectivity index (χ2n) is 3.41. The molecule has 0 aliphatic carbocycles. The molecule has 0 bridgehead atoms. The van der Waals surface area contributed by atoms with Crippen LogP contribution in [0.1, 0.15) is 41.0 Å². The number of amides is 1. The summed E-state index contributed by atoms with van der Waals surface area (Å²) in [5, 5.41) is 0. The van der Waals surface area contributed by atoms with Gasteiger partial charge in [-0.3, -0.25) is 4.79 Å². The van der Waals surface area contributed by atoms with Gasteiger partial charge < -0.3 is 9.64 Å². The summed E-state index contributed by atoms with van der Waals surface area (Å²) >= 11 is 0. The molecule has 1 aliphatic heterocycles. The molecule has 0 spiro atoms. The third-order valence-corrected chi connectivity index (χ3v) is 2.07. The molecule has 2 atom stereocenters. The highest BCUT2D eigenvalue weighted by atomic mass is 16.5. The Morgan fingerprint density at radius 1 is 1.29 bits per heavy atom. The molecule has 0 aromatic carbocycles. The minimum Gasteiger partial charge on any atom is -0.372 e. The van der Waals surface area contributed by atoms with E-state index in [2.05, 4.69) is 0 Å². The first-order chi connectivity index (χ1) is 6.63. The van der Waals surface area contributed by atoms with E-state index in [1.807, 2.05) is 39.5 Å². The van der Waals surface area contributed by atoms with Crippen molar-refractivity contribution >= 4 is 5.91 Å². The van der Waals surface area contributed by atoms with E-state index in [1.54, 1.807) is 0 Å². The molecule has 0 saturated carbocycles. The number of nitrogens with zero attached hydrogens (tertiary/aromatic N) is 1. The molecule has 3 heteroatoms. The summed E-state index contributed by atoms with van der Waals surface area (Å²) in [4.78, 5) is 13.2. The van der Waals surface area contributed by atoms with Gasteiger partial charge in [0.05, 0.1) is 12.2 Å². The van der Waals surface area contributed by atoms with E-state index < -0.39 is 0 Å². The molecule has 84 valence electrons. The van der Waals surface area contributed by atoms with Crippen molar-refractivity contribution in [3.63, 3.8) is 0 Å². The first-order valence-electron chi connectivity index (χ1n) is 5.56. The van der Waals surface area contributed by atoms with Crippen LogP contribution in [0.4, 0.5) is 0 Å². The standard InChI is InChI=1S/C9H17NO2.C2H6/c1-4-9(11)10-5-7(2)12-8(3)6-10;1-2/h7-8H,4-6H2,1-3H3;1-2H3. The average molecular weight is 201 g/mol. The maximum absolute atomic E-state index is 11.3. The number of ether oxygens (including phenoxy) is 1. The van der Waals surface area contributed by atoms with Crippen molar-refractivity contribution in [1.29, 1.82) is 0 Å². The van der Waals surface area contributed by atoms with Crippen LogP contribution in [0.25, 0.3) is 0 Å². The molecular formula is C11H23NO2. The Bertz CT molecular complexity index is 161. The Morgan fingerprint density at radius 2 is 1.71 bits per heavy atom. The van der Waals surface area contributed by atoms with E-state index >= 15 is 0 Å². The summed E-state index contributed by atoms with van der Waals surface area (Å²) in [6.45, 7) is 11.4. The van der Waals surface area contributed by atoms with Gasteiger partial charge in [-0.05, 0) is 13.8 Å². The van der Waals surface area contributed by atoms with Gasteiger partial charge in [0.25, 0.3) is 0 Å². The van der Waals surface area contributed by atoms with E-state index in [0.29, 0.717) is 6.42 Å². The lowest BCUT2D eigenvalue weighted by Gasteiger charge is -2.35. The zero-order chi connectivity index (χ0) is 11.1. The van der Waals surface area contributed by atoms with Crippen molar-refractivity contribution in [2.45, 2.75) is 53.2 Å². The lowest BCUT2D eigenvalue weighted by Crippen LogP contribution is -2.47. The van der Waals surface area contributed by atoms with E-state index in [4.69, 9.17) is 4.74 Å². The smallest absolute Gasteiger partial charge is 0.222 e. The summed E-state index contributed by atoms with van der Waals surface area (Å²) < 4.78 is 5.52. The van der Waals surface area contributed by atoms with Crippen LogP contribution in [0, 0.1) is 0 Å². The van der Waals surface area contributed by atoms with Crippen LogP contribution >= 0.6 is 0 Å². The summed E-state index contributed by atoms with van der Waals surface area (Å²) in [7, 11) is 0. The molecule has 2 unspecified atom stereocenters. The highest BCUT2D eigenvalue weighted by Gasteiger charge is 2.24. The maximum atomic E-state index is 11.3. The Hall–Kier alpha value is -0.570. The Morgan fingerprint density at radius 3 is 2.07 bits per heavy atom. The lowest BCUT2D eigenvalue weighted by atomic mass is 10.2. The summed E-state index contributed by atoms with van der Waals surface area (Å²) in [5.41, 5.74) is 0. The molecule has 0 N–H and O–H groups in total. The van der Waals surface area contributed by atoms with Gasteiger partial charge in [0, 0.05) is 19.5 Å². The fourth-order valence-electron chi connectivity index (χ4n) is 1.61. The molecule has 0 aromatic heterocycles. The zero-order valence-electron chi connectivity index (χ0n) is 10.0. The molecule has 1 rings (SSSR count). The third-order valence-electron chi connectivity index (χ3n) is 2.07. The second-order valence-corrected chi connectivity index (χ2v) is 3.41. The summed E-state index contributed by atoms with van der Waals surface area (Å²) in [6.07, 6.45) is 0.966. The van der Waals surface area contributed by atoms with E-state index in [9.17, 15) is 4.79 Å². The predicted octanol–water partition coefficient (Wildman–Crippen LogP) is 2.06. The molecule has 1 fully saturated rings. The number of carbonyl (C=O) groups is 1. The zero-order valence-corrected chi connectivity index (χ0v) is 10.0. The van der Waals surface area contributed by atoms with Crippen LogP contribution in [0.2, 0.25) is 0 Å². The molecule has 0 aromatic rings. The average Bonchev–Trinajstić information content (AvgIpc) is 2.18. The SMILES string of the molecule is CC.CCC(=O)N1CC(C)OC(C)C1. The van der Waals surface area contributed by atoms with Crippen LogP contribution < -0.4 is 0 Å². The number of rotatable bonds is 1. The van der Waals surface area contributed by atoms with Crippen LogP contribution in [-0.4, -0.2) is 36.1 Å². The normalized spacial score (nSPS) is 26.5. The van der Waals surface area contributed by atoms with Crippen molar-refractivity contribution in [2.75, 3.05) is 13.1 Å². The number of hydrogen-bond donors (Lipinski definition) is 0. The monoisotopic (exact) mass is 201 g/mol. The second kappa shape index (κ2) is 6.82. The molecule has 3 nitrogen and oxygen atoms in total. The van der Waals surface area contributed by atoms with Gasteiger partial charge in [-0.25, -0.2) is 0 Å². The minimum atomic E-state index is 0.184. The highest BCUT2D eigenvalue weighted by Crippen LogP contribution is 2.11. The van der Waals surface area contributed by atoms with Crippen LogP contribution in [0.3, 0.4) is 0 Å². The number of hydrogen-bond acceptors (Lipinski definition) is 2. The quantitative estimate of drug-likeness (QED) is 0.650. The fraction of sp³-hybridized carbons (Fsp3) is 0.909. The maximum Gasteiger partial charge on any atom is 0.222 e. The Balaban J connectivity index is 0.000000791. The van der Waals surface area contributed by atoms with Gasteiger partial charge in [0.2, 0.25) is 5.91 Å². The molecule has 1 aliphatic rings. The van der Waals surface area contributed by atoms with Crippen LogP contribution in [0.15, 0.2) is 0 Å². The molecule has 1 amide bonds. The summed E-state index contributed by atoms with van der Waals surface area (Å²) in [5.74, 6) is 0.233. The number of morpholine rings is 1. The first-order valence-corrected chi connectivity index (χ1v) is 5.56. The molecule has 14 heavy (non-hydrogen) atoms. The minimum absolute atomic E-state index is 0.184. The Labute approximate surface area is 87.4 Å². The Kier molecular flexibility index (Phi) is 6.54. The van der Waals surface area contributed by atoms with E-state index in [0.717, 1.165) is 13.1 Å². The molecular weight excluding hydrogens is 178 g/mol. The van der Waals surface area contributed by atoms with Gasteiger partial charge in [-0.2, -0.15) is 0 Å². The molecule has 1 heterocycles. The van der Waals surface area contributed by atoms with E-state index in [1.165, 1.54) is 0 Å². The van der Waals surface area contributed by atoms with Gasteiger partial charge in [-0.15, -0.1) is 0 Å². The number of carbonyl (C=O) groups excluding carboxylic acids is 1. The van der Waals surface area contributed by atoms with Crippen molar-refractivity contribution in [1.82, 2.24) is 4.90 Å². The molecule has 0 radical (unpaired) electrons. The lowest BCUT2D eigenvalue weighted by molar-refractivity contribution is -0.142. The van der Waals surface area contributed by atoms with Gasteiger partial charge >= 0.3 is 0 Å². The van der Waals surface area contributed by atoms with Gasteiger partial charge in [-0.1, -0.05) is 20.8 Å². The largest absolute Gasteiger partial charge is 0.372 e. The van der Waals surface area contributed by atoms with E-state index in [-0.39, 0.29) is 18.1 Å². The fourth-order valence-corrected chi connectivity index (χ4v) is 1.61. The topological polar surface area (TPSA) is 29.5 Å². The van der Waals surface area contributed by atoms with Crippen LogP contribution in [0.5, 0.6) is 0 Å². The van der Waals surface area contributed by atoms with Crippen molar-refractivity contribution in [3.05, 3.63) is 0 Å². The highest BCUT2D eigenvalue weighted by molar-refractivity contribution is 5.75. The van der Waals surface area contributed by atoms with Crippen molar-refractivity contribution in [3.8, 4) is 0 Å². The van der Waals surface area contributed by atoms with Gasteiger partial charge in [0.15, 0.2) is 0 Å². The van der Waals surface area contributed by atoms with Crippen LogP contribution in [-0.2, 0) is 9.53 Å². The summed E-state index contributed by atoms with van der Waals surface area (Å²) in [6, 6.07) is 0. The first kappa shape index (κ1) is 13.4. The van der Waals surface area contributed by atoms with Crippen molar-refractivity contribution in [2.24, 2.45) is 0 Å². The third kappa shape index (κ3) is 4.09. The predicted molar refractivity (Wildman–Crippen MR) is 58.2 cm³/mol. The van der Waals surface area contributed by atoms with Crippen molar-refractivity contribution < 1.29 is 9.53 Å².